The normalized spacial score (nSPS) is 22.3. The first-order chi connectivity index (χ1) is 7.87. The van der Waals surface area contributed by atoms with Crippen molar-refractivity contribution in [2.75, 3.05) is 25.2 Å². The van der Waals surface area contributed by atoms with Crippen LogP contribution in [-0.2, 0) is 9.84 Å². The van der Waals surface area contributed by atoms with Gasteiger partial charge in [-0.3, -0.25) is 0 Å². The van der Waals surface area contributed by atoms with Gasteiger partial charge in [0, 0.05) is 30.9 Å². The summed E-state index contributed by atoms with van der Waals surface area (Å²) in [7, 11) is -2.93. The van der Waals surface area contributed by atoms with Crippen LogP contribution in [0.1, 0.15) is 39.0 Å². The number of sulfone groups is 1. The lowest BCUT2D eigenvalue weighted by atomic mass is 9.74. The third-order valence-electron chi connectivity index (χ3n) is 3.63. The molecule has 0 aromatic rings. The molecule has 5 heteroatoms. The standard InChI is InChI=1S/C12H25NO3S/c1-11(8-17(2,15)16)13-9-12(10-14)6-4-3-5-7-12/h11,13-14H,3-10H2,1-2H3. The topological polar surface area (TPSA) is 66.4 Å². The Labute approximate surface area is 105 Å². The van der Waals surface area contributed by atoms with Crippen LogP contribution in [0.4, 0.5) is 0 Å². The number of hydrogen-bond acceptors (Lipinski definition) is 4. The lowest BCUT2D eigenvalue weighted by molar-refractivity contribution is 0.0795. The van der Waals surface area contributed by atoms with Gasteiger partial charge in [0.25, 0.3) is 0 Å². The Kier molecular flexibility index (Phi) is 5.41. The maximum absolute atomic E-state index is 11.2. The Morgan fingerprint density at radius 2 is 1.88 bits per heavy atom. The average molecular weight is 263 g/mol. The quantitative estimate of drug-likeness (QED) is 0.749. The molecule has 0 heterocycles. The zero-order chi connectivity index (χ0) is 12.9. The van der Waals surface area contributed by atoms with Gasteiger partial charge >= 0.3 is 0 Å². The molecular weight excluding hydrogens is 238 g/mol. The predicted octanol–water partition coefficient (Wildman–Crippen LogP) is 0.952. The van der Waals surface area contributed by atoms with Crippen LogP contribution in [0.2, 0.25) is 0 Å². The summed E-state index contributed by atoms with van der Waals surface area (Å²) in [5.41, 5.74) is -0.0238. The van der Waals surface area contributed by atoms with E-state index >= 15 is 0 Å². The van der Waals surface area contributed by atoms with Gasteiger partial charge < -0.3 is 10.4 Å². The fourth-order valence-electron chi connectivity index (χ4n) is 2.60. The molecule has 1 aliphatic rings. The molecule has 1 atom stereocenters. The molecule has 0 aromatic heterocycles. The van der Waals surface area contributed by atoms with E-state index in [1.807, 2.05) is 6.92 Å². The third kappa shape index (κ3) is 5.36. The highest BCUT2D eigenvalue weighted by Gasteiger charge is 2.31. The first kappa shape index (κ1) is 14.9. The number of nitrogens with one attached hydrogen (secondary N) is 1. The van der Waals surface area contributed by atoms with E-state index in [1.54, 1.807) is 0 Å². The Bertz CT molecular complexity index is 321. The minimum atomic E-state index is -2.93. The van der Waals surface area contributed by atoms with Crippen molar-refractivity contribution in [1.29, 1.82) is 0 Å². The molecule has 0 saturated heterocycles. The summed E-state index contributed by atoms with van der Waals surface area (Å²) in [6.07, 6.45) is 6.93. The van der Waals surface area contributed by atoms with Gasteiger partial charge in [0.15, 0.2) is 0 Å². The highest BCUT2D eigenvalue weighted by molar-refractivity contribution is 7.90. The van der Waals surface area contributed by atoms with Gasteiger partial charge in [-0.25, -0.2) is 8.42 Å². The Morgan fingerprint density at radius 1 is 1.29 bits per heavy atom. The van der Waals surface area contributed by atoms with E-state index in [2.05, 4.69) is 5.32 Å². The van der Waals surface area contributed by atoms with E-state index in [-0.39, 0.29) is 23.8 Å². The second-order valence-corrected chi connectivity index (χ2v) is 7.78. The second-order valence-electron chi connectivity index (χ2n) is 5.59. The zero-order valence-electron chi connectivity index (χ0n) is 10.9. The van der Waals surface area contributed by atoms with Crippen molar-refractivity contribution >= 4 is 9.84 Å². The monoisotopic (exact) mass is 263 g/mol. The van der Waals surface area contributed by atoms with Gasteiger partial charge in [0.1, 0.15) is 9.84 Å². The van der Waals surface area contributed by atoms with Crippen molar-refractivity contribution in [3.63, 3.8) is 0 Å². The summed E-state index contributed by atoms with van der Waals surface area (Å²) < 4.78 is 22.3. The van der Waals surface area contributed by atoms with Crippen LogP contribution in [0.25, 0.3) is 0 Å². The summed E-state index contributed by atoms with van der Waals surface area (Å²) in [6, 6.07) is -0.0460. The SMILES string of the molecule is CC(CS(C)(=O)=O)NCC1(CO)CCCCC1. The van der Waals surface area contributed by atoms with Crippen molar-refractivity contribution in [2.24, 2.45) is 5.41 Å². The number of hydrogen-bond donors (Lipinski definition) is 2. The molecule has 1 unspecified atom stereocenters. The molecule has 102 valence electrons. The van der Waals surface area contributed by atoms with Gasteiger partial charge in [-0.2, -0.15) is 0 Å². The van der Waals surface area contributed by atoms with Crippen LogP contribution in [0, 0.1) is 5.41 Å². The molecule has 1 rings (SSSR count). The summed E-state index contributed by atoms with van der Waals surface area (Å²) in [5, 5.41) is 12.8. The van der Waals surface area contributed by atoms with Gasteiger partial charge in [-0.15, -0.1) is 0 Å². The molecule has 0 bridgehead atoms. The molecule has 4 nitrogen and oxygen atoms in total. The molecule has 0 spiro atoms. The van der Waals surface area contributed by atoms with Crippen LogP contribution in [0.5, 0.6) is 0 Å². The maximum Gasteiger partial charge on any atom is 0.148 e. The highest BCUT2D eigenvalue weighted by Crippen LogP contribution is 2.35. The van der Waals surface area contributed by atoms with Crippen molar-refractivity contribution < 1.29 is 13.5 Å². The van der Waals surface area contributed by atoms with Gasteiger partial charge in [-0.05, 0) is 19.8 Å². The molecule has 0 aromatic carbocycles. The number of aliphatic hydroxyl groups excluding tert-OH is 1. The molecular formula is C12H25NO3S. The number of rotatable bonds is 6. The van der Waals surface area contributed by atoms with E-state index in [9.17, 15) is 13.5 Å². The molecule has 2 N–H and O–H groups in total. The Morgan fingerprint density at radius 3 is 2.35 bits per heavy atom. The number of aliphatic hydroxyl groups is 1. The predicted molar refractivity (Wildman–Crippen MR) is 69.8 cm³/mol. The van der Waals surface area contributed by atoms with Gasteiger partial charge in [0.2, 0.25) is 0 Å². The maximum atomic E-state index is 11.2. The fourth-order valence-corrected chi connectivity index (χ4v) is 3.62. The Hall–Kier alpha value is -0.130. The third-order valence-corrected chi connectivity index (χ3v) is 4.73. The average Bonchev–Trinajstić information content (AvgIpc) is 2.25. The molecule has 0 aliphatic heterocycles. The second kappa shape index (κ2) is 6.16. The lowest BCUT2D eigenvalue weighted by Gasteiger charge is -2.36. The summed E-state index contributed by atoms with van der Waals surface area (Å²) in [6.45, 7) is 2.81. The van der Waals surface area contributed by atoms with Crippen molar-refractivity contribution in [3.05, 3.63) is 0 Å². The van der Waals surface area contributed by atoms with Gasteiger partial charge in [0.05, 0.1) is 5.75 Å². The fraction of sp³-hybridized carbons (Fsp3) is 1.00. The summed E-state index contributed by atoms with van der Waals surface area (Å²) in [4.78, 5) is 0. The molecule has 1 aliphatic carbocycles. The first-order valence-electron chi connectivity index (χ1n) is 6.39. The minimum Gasteiger partial charge on any atom is -0.396 e. The Balaban J connectivity index is 2.42. The van der Waals surface area contributed by atoms with E-state index < -0.39 is 9.84 Å². The van der Waals surface area contributed by atoms with E-state index in [0.29, 0.717) is 0 Å². The van der Waals surface area contributed by atoms with Crippen molar-refractivity contribution in [1.82, 2.24) is 5.32 Å². The molecule has 0 radical (unpaired) electrons. The van der Waals surface area contributed by atoms with Crippen LogP contribution < -0.4 is 5.32 Å². The van der Waals surface area contributed by atoms with Crippen LogP contribution in [0.15, 0.2) is 0 Å². The lowest BCUT2D eigenvalue weighted by Crippen LogP contribution is -2.44. The molecule has 17 heavy (non-hydrogen) atoms. The van der Waals surface area contributed by atoms with Crippen molar-refractivity contribution in [3.8, 4) is 0 Å². The smallest absolute Gasteiger partial charge is 0.148 e. The summed E-state index contributed by atoms with van der Waals surface area (Å²) >= 11 is 0. The van der Waals surface area contributed by atoms with E-state index in [1.165, 1.54) is 25.5 Å². The summed E-state index contributed by atoms with van der Waals surface area (Å²) in [5.74, 6) is 0.161. The van der Waals surface area contributed by atoms with Crippen LogP contribution >= 0.6 is 0 Å². The van der Waals surface area contributed by atoms with Crippen molar-refractivity contribution in [2.45, 2.75) is 45.1 Å². The molecule has 0 amide bonds. The minimum absolute atomic E-state index is 0.0238. The van der Waals surface area contributed by atoms with Crippen LogP contribution in [-0.4, -0.2) is 44.7 Å². The molecule has 1 fully saturated rings. The van der Waals surface area contributed by atoms with Gasteiger partial charge in [-0.1, -0.05) is 19.3 Å². The zero-order valence-corrected chi connectivity index (χ0v) is 11.7. The largest absolute Gasteiger partial charge is 0.396 e. The van der Waals surface area contributed by atoms with Crippen LogP contribution in [0.3, 0.4) is 0 Å². The highest BCUT2D eigenvalue weighted by atomic mass is 32.2. The van der Waals surface area contributed by atoms with E-state index in [4.69, 9.17) is 0 Å². The molecule has 1 saturated carbocycles. The first-order valence-corrected chi connectivity index (χ1v) is 8.45. The van der Waals surface area contributed by atoms with E-state index in [0.717, 1.165) is 19.4 Å².